The number of aliphatic hydroxyl groups excluding tert-OH is 1. The first-order valence-electron chi connectivity index (χ1n) is 6.83. The van der Waals surface area contributed by atoms with Gasteiger partial charge in [-0.3, -0.25) is 0 Å². The van der Waals surface area contributed by atoms with Crippen molar-refractivity contribution in [3.05, 3.63) is 18.3 Å². The summed E-state index contributed by atoms with van der Waals surface area (Å²) in [5, 5.41) is 12.7. The zero-order valence-corrected chi connectivity index (χ0v) is 13.3. The lowest BCUT2D eigenvalue weighted by atomic mass is 10.2. The number of hydrogen-bond donors (Lipinski definition) is 2. The third-order valence-corrected chi connectivity index (χ3v) is 5.43. The molecule has 1 fully saturated rings. The second-order valence-electron chi connectivity index (χ2n) is 5.51. The van der Waals surface area contributed by atoms with Crippen LogP contribution in [0.4, 0.5) is 5.82 Å². The normalized spacial score (nSPS) is 23.7. The van der Waals surface area contributed by atoms with Crippen LogP contribution in [0.3, 0.4) is 0 Å². The SMILES string of the molecule is CNc1cc(S(=O)(=O)N2CC(O)CC2CN(C)C)ccn1. The van der Waals surface area contributed by atoms with Crippen LogP contribution in [0.2, 0.25) is 0 Å². The third kappa shape index (κ3) is 3.52. The van der Waals surface area contributed by atoms with E-state index in [1.807, 2.05) is 19.0 Å². The molecule has 0 amide bonds. The lowest BCUT2D eigenvalue weighted by molar-refractivity contribution is 0.188. The summed E-state index contributed by atoms with van der Waals surface area (Å²) in [5.74, 6) is 0.500. The number of nitrogens with one attached hydrogen (secondary N) is 1. The maximum atomic E-state index is 12.8. The van der Waals surface area contributed by atoms with Gasteiger partial charge in [-0.05, 0) is 26.6 Å². The second kappa shape index (κ2) is 6.27. The predicted molar refractivity (Wildman–Crippen MR) is 80.6 cm³/mol. The molecule has 2 rings (SSSR count). The largest absolute Gasteiger partial charge is 0.392 e. The molecule has 2 heterocycles. The van der Waals surface area contributed by atoms with Crippen LogP contribution in [0.25, 0.3) is 0 Å². The van der Waals surface area contributed by atoms with E-state index in [4.69, 9.17) is 0 Å². The first-order chi connectivity index (χ1) is 9.84. The molecule has 21 heavy (non-hydrogen) atoms. The molecule has 2 unspecified atom stereocenters. The minimum absolute atomic E-state index is 0.137. The number of rotatable bonds is 5. The van der Waals surface area contributed by atoms with Gasteiger partial charge in [0.15, 0.2) is 0 Å². The average Bonchev–Trinajstić information content (AvgIpc) is 2.79. The zero-order chi connectivity index (χ0) is 15.6. The molecule has 7 nitrogen and oxygen atoms in total. The highest BCUT2D eigenvalue weighted by Gasteiger charge is 2.39. The highest BCUT2D eigenvalue weighted by molar-refractivity contribution is 7.89. The van der Waals surface area contributed by atoms with E-state index in [0.29, 0.717) is 18.8 Å². The van der Waals surface area contributed by atoms with Gasteiger partial charge in [0.05, 0.1) is 11.0 Å². The van der Waals surface area contributed by atoms with Gasteiger partial charge in [0.1, 0.15) is 5.82 Å². The number of aromatic nitrogens is 1. The van der Waals surface area contributed by atoms with Crippen molar-refractivity contribution in [1.82, 2.24) is 14.2 Å². The summed E-state index contributed by atoms with van der Waals surface area (Å²) in [7, 11) is 1.84. The number of hydrogen-bond acceptors (Lipinski definition) is 6. The van der Waals surface area contributed by atoms with Crippen LogP contribution < -0.4 is 5.32 Å². The van der Waals surface area contributed by atoms with E-state index in [9.17, 15) is 13.5 Å². The molecular weight excluding hydrogens is 292 g/mol. The molecule has 0 aromatic carbocycles. The maximum Gasteiger partial charge on any atom is 0.243 e. The quantitative estimate of drug-likeness (QED) is 0.783. The van der Waals surface area contributed by atoms with Crippen molar-refractivity contribution in [2.45, 2.75) is 23.5 Å². The molecule has 1 aliphatic heterocycles. The lowest BCUT2D eigenvalue weighted by Gasteiger charge is -2.26. The fourth-order valence-corrected chi connectivity index (χ4v) is 4.27. The van der Waals surface area contributed by atoms with Gasteiger partial charge in [-0.1, -0.05) is 0 Å². The Morgan fingerprint density at radius 2 is 2.24 bits per heavy atom. The molecule has 0 radical (unpaired) electrons. The Morgan fingerprint density at radius 3 is 2.86 bits per heavy atom. The molecule has 0 aliphatic carbocycles. The van der Waals surface area contributed by atoms with E-state index in [2.05, 4.69) is 10.3 Å². The van der Waals surface area contributed by atoms with Crippen LogP contribution in [-0.2, 0) is 10.0 Å². The Hall–Kier alpha value is -1.22. The van der Waals surface area contributed by atoms with Crippen LogP contribution >= 0.6 is 0 Å². The van der Waals surface area contributed by atoms with E-state index in [1.165, 1.54) is 22.6 Å². The van der Waals surface area contributed by atoms with Gasteiger partial charge in [-0.2, -0.15) is 4.31 Å². The highest BCUT2D eigenvalue weighted by Crippen LogP contribution is 2.27. The minimum Gasteiger partial charge on any atom is -0.392 e. The molecule has 1 aromatic rings. The number of β-amino-alcohol motifs (C(OH)–C–C–N with tert-alkyl or cyclic N) is 1. The Kier molecular flexibility index (Phi) is 4.82. The smallest absolute Gasteiger partial charge is 0.243 e. The van der Waals surface area contributed by atoms with Crippen LogP contribution in [0.5, 0.6) is 0 Å². The number of anilines is 1. The lowest BCUT2D eigenvalue weighted by Crippen LogP contribution is -2.41. The molecule has 0 spiro atoms. The number of pyridine rings is 1. The van der Waals surface area contributed by atoms with Crippen molar-refractivity contribution in [2.75, 3.05) is 39.5 Å². The summed E-state index contributed by atoms with van der Waals surface area (Å²) in [6, 6.07) is 2.77. The zero-order valence-electron chi connectivity index (χ0n) is 12.5. The second-order valence-corrected chi connectivity index (χ2v) is 7.40. The Labute approximate surface area is 125 Å². The van der Waals surface area contributed by atoms with Crippen LogP contribution in [0.1, 0.15) is 6.42 Å². The van der Waals surface area contributed by atoms with Crippen LogP contribution in [0.15, 0.2) is 23.2 Å². The van der Waals surface area contributed by atoms with E-state index >= 15 is 0 Å². The van der Waals surface area contributed by atoms with Gasteiger partial charge in [0.2, 0.25) is 10.0 Å². The van der Waals surface area contributed by atoms with E-state index in [-0.39, 0.29) is 17.5 Å². The summed E-state index contributed by atoms with van der Waals surface area (Å²) in [6.07, 6.45) is 1.31. The molecule has 2 atom stereocenters. The van der Waals surface area contributed by atoms with Gasteiger partial charge in [-0.25, -0.2) is 13.4 Å². The maximum absolute atomic E-state index is 12.8. The first-order valence-corrected chi connectivity index (χ1v) is 8.27. The number of likely N-dealkylation sites (N-methyl/N-ethyl adjacent to an activating group) is 1. The summed E-state index contributed by atoms with van der Waals surface area (Å²) in [4.78, 5) is 6.15. The van der Waals surface area contributed by atoms with E-state index in [1.54, 1.807) is 7.05 Å². The summed E-state index contributed by atoms with van der Waals surface area (Å²) >= 11 is 0. The Bertz CT molecular complexity index is 591. The van der Waals surface area contributed by atoms with E-state index < -0.39 is 16.1 Å². The van der Waals surface area contributed by atoms with Gasteiger partial charge >= 0.3 is 0 Å². The van der Waals surface area contributed by atoms with Crippen molar-refractivity contribution < 1.29 is 13.5 Å². The standard InChI is InChI=1S/C13H22N4O3S/c1-14-13-7-12(4-5-15-13)21(19,20)17-9-11(18)6-10(17)8-16(2)3/h4-5,7,10-11,18H,6,8-9H2,1-3H3,(H,14,15). The molecular formula is C13H22N4O3S. The molecule has 8 heteroatoms. The molecule has 0 saturated carbocycles. The fraction of sp³-hybridized carbons (Fsp3) is 0.615. The summed E-state index contributed by atoms with van der Waals surface area (Å²) in [5.41, 5.74) is 0. The number of sulfonamides is 1. The molecule has 2 N–H and O–H groups in total. The topological polar surface area (TPSA) is 85.8 Å². The monoisotopic (exact) mass is 314 g/mol. The fourth-order valence-electron chi connectivity index (χ4n) is 2.59. The van der Waals surface area contributed by atoms with Gasteiger partial charge in [0, 0.05) is 38.4 Å². The van der Waals surface area contributed by atoms with Gasteiger partial charge in [0.25, 0.3) is 0 Å². The molecule has 1 aromatic heterocycles. The Morgan fingerprint density at radius 1 is 1.52 bits per heavy atom. The van der Waals surface area contributed by atoms with Crippen molar-refractivity contribution in [1.29, 1.82) is 0 Å². The van der Waals surface area contributed by atoms with E-state index in [0.717, 1.165) is 0 Å². The number of nitrogens with zero attached hydrogens (tertiary/aromatic N) is 3. The van der Waals surface area contributed by atoms with Crippen molar-refractivity contribution >= 4 is 15.8 Å². The summed E-state index contributed by atoms with van der Waals surface area (Å²) in [6.45, 7) is 0.721. The first kappa shape index (κ1) is 16.2. The molecule has 1 aliphatic rings. The minimum atomic E-state index is -3.63. The third-order valence-electron chi connectivity index (χ3n) is 3.51. The number of aliphatic hydroxyl groups is 1. The van der Waals surface area contributed by atoms with Crippen LogP contribution in [0, 0.1) is 0 Å². The molecule has 0 bridgehead atoms. The van der Waals surface area contributed by atoms with Crippen molar-refractivity contribution in [3.8, 4) is 0 Å². The predicted octanol–water partition coefficient (Wildman–Crippen LogP) is -0.191. The molecule has 1 saturated heterocycles. The van der Waals surface area contributed by atoms with Crippen molar-refractivity contribution in [2.24, 2.45) is 0 Å². The Balaban J connectivity index is 2.32. The van der Waals surface area contributed by atoms with Gasteiger partial charge in [-0.15, -0.1) is 0 Å². The molecule has 118 valence electrons. The van der Waals surface area contributed by atoms with Crippen molar-refractivity contribution in [3.63, 3.8) is 0 Å². The summed E-state index contributed by atoms with van der Waals surface area (Å²) < 4.78 is 27.0. The highest BCUT2D eigenvalue weighted by atomic mass is 32.2. The van der Waals surface area contributed by atoms with Crippen LogP contribution in [-0.4, -0.2) is 74.1 Å². The average molecular weight is 314 g/mol. The van der Waals surface area contributed by atoms with Gasteiger partial charge < -0.3 is 15.3 Å².